The van der Waals surface area contributed by atoms with E-state index in [1.165, 1.54) is 13.4 Å². The Balaban J connectivity index is 2.72. The molecule has 0 aromatic heterocycles. The van der Waals surface area contributed by atoms with Crippen LogP contribution in [0.1, 0.15) is 5.56 Å². The van der Waals surface area contributed by atoms with Gasteiger partial charge in [-0.15, -0.1) is 0 Å². The predicted octanol–water partition coefficient (Wildman–Crippen LogP) is 3.19. The molecule has 1 aromatic carbocycles. The highest BCUT2D eigenvalue weighted by atomic mass is 31.7. The Labute approximate surface area is 59.1 Å². The van der Waals surface area contributed by atoms with Crippen molar-refractivity contribution in [3.8, 4) is 0 Å². The second kappa shape index (κ2) is 3.77. The van der Waals surface area contributed by atoms with Gasteiger partial charge in [-0.05, 0) is 5.56 Å². The highest BCUT2D eigenvalue weighted by Crippen LogP contribution is 2.11. The van der Waals surface area contributed by atoms with Crippen molar-refractivity contribution in [2.24, 2.45) is 0 Å². The van der Waals surface area contributed by atoms with Crippen molar-refractivity contribution < 1.29 is 0 Å². The highest BCUT2D eigenvalue weighted by Gasteiger charge is 1.82. The summed E-state index contributed by atoms with van der Waals surface area (Å²) in [6, 6.07) is 10.4. The Morgan fingerprint density at radius 3 is 2.44 bits per heavy atom. The quantitative estimate of drug-likeness (QED) is 0.574. The molecule has 9 heavy (non-hydrogen) atoms. The molecule has 0 unspecified atom stereocenters. The topological polar surface area (TPSA) is 0 Å². The molecule has 0 nitrogen and oxygen atoms in total. The summed E-state index contributed by atoms with van der Waals surface area (Å²) in [6.45, 7) is 0. The Kier molecular flexibility index (Phi) is 2.91. The molecule has 0 aliphatic rings. The maximum atomic E-state index is 3.40. The molecule has 0 aliphatic heterocycles. The van der Waals surface area contributed by atoms with Crippen molar-refractivity contribution >= 4 is 16.4 Å². The molecule has 46 valence electrons. The molecule has 0 atom stereocenters. The molecule has 0 fully saturated rings. The maximum Gasteiger partial charge on any atom is 0.0183 e. The lowest BCUT2D eigenvalue weighted by Gasteiger charge is -1.90. The van der Waals surface area contributed by atoms with Crippen molar-refractivity contribution in [2.45, 2.75) is 6.16 Å². The molecular weight excluding hydrogens is 146 g/mol. The van der Waals surface area contributed by atoms with Gasteiger partial charge < -0.3 is 0 Å². The first-order chi connectivity index (χ1) is 4.43. The second-order valence-corrected chi connectivity index (χ2v) is 3.38. The zero-order chi connectivity index (χ0) is 6.53. The van der Waals surface area contributed by atoms with E-state index in [0.717, 1.165) is 6.16 Å². The largest absolute Gasteiger partial charge is 0.0933 e. The van der Waals surface area contributed by atoms with Gasteiger partial charge in [-0.1, -0.05) is 46.7 Å². The third-order valence-corrected chi connectivity index (χ3v) is 2.10. The minimum Gasteiger partial charge on any atom is -0.0933 e. The fourth-order valence-electron chi connectivity index (χ4n) is 0.675. The molecule has 0 heterocycles. The Hall–Kier alpha value is -0.180. The molecule has 1 aromatic rings. The minimum atomic E-state index is 1.09. The lowest BCUT2D eigenvalue weighted by molar-refractivity contribution is 1.42. The first kappa shape index (κ1) is 6.93. The summed E-state index contributed by atoms with van der Waals surface area (Å²) in [4.78, 5) is 0. The van der Waals surface area contributed by atoms with E-state index < -0.39 is 0 Å². The van der Waals surface area contributed by atoms with E-state index in [2.05, 4.69) is 32.8 Å². The summed E-state index contributed by atoms with van der Waals surface area (Å²) in [5, 5.41) is 0. The molecule has 0 bridgehead atoms. The number of benzene rings is 1. The van der Waals surface area contributed by atoms with E-state index in [1.54, 1.807) is 0 Å². The van der Waals surface area contributed by atoms with E-state index in [-0.39, 0.29) is 0 Å². The molecular formula is C7H8P2. The first-order valence-electron chi connectivity index (χ1n) is 2.80. The van der Waals surface area contributed by atoms with Crippen LogP contribution in [0.3, 0.4) is 0 Å². The number of hydrogen-bond acceptors (Lipinski definition) is 0. The molecule has 0 aliphatic carbocycles. The van der Waals surface area contributed by atoms with E-state index in [9.17, 15) is 0 Å². The van der Waals surface area contributed by atoms with Crippen LogP contribution in [-0.4, -0.2) is 0 Å². The molecule has 0 N–H and O–H groups in total. The van der Waals surface area contributed by atoms with Gasteiger partial charge in [0.25, 0.3) is 0 Å². The monoisotopic (exact) mass is 154 g/mol. The van der Waals surface area contributed by atoms with Crippen LogP contribution in [0.5, 0.6) is 0 Å². The van der Waals surface area contributed by atoms with Crippen molar-refractivity contribution in [2.75, 3.05) is 0 Å². The van der Waals surface area contributed by atoms with Gasteiger partial charge in [0.05, 0.1) is 0 Å². The Morgan fingerprint density at radius 1 is 1.22 bits per heavy atom. The normalized spacial score (nSPS) is 9.78. The van der Waals surface area contributed by atoms with Gasteiger partial charge in [0.2, 0.25) is 0 Å². The van der Waals surface area contributed by atoms with Crippen molar-refractivity contribution in [3.05, 3.63) is 35.9 Å². The summed E-state index contributed by atoms with van der Waals surface area (Å²) >= 11 is 0. The fourth-order valence-corrected chi connectivity index (χ4v) is 1.62. The summed E-state index contributed by atoms with van der Waals surface area (Å²) in [5.41, 5.74) is 1.38. The lowest BCUT2D eigenvalue weighted by Crippen LogP contribution is -1.71. The maximum absolute atomic E-state index is 3.40. The van der Waals surface area contributed by atoms with Crippen LogP contribution in [0, 0.1) is 0 Å². The minimum absolute atomic E-state index is 1.09. The van der Waals surface area contributed by atoms with Gasteiger partial charge in [0, 0.05) is 6.16 Å². The number of rotatable bonds is 2. The Morgan fingerprint density at radius 2 is 1.89 bits per heavy atom. The fraction of sp³-hybridized carbons (Fsp3) is 0.143. The van der Waals surface area contributed by atoms with Gasteiger partial charge in [0.15, 0.2) is 0 Å². The molecule has 0 radical (unpaired) electrons. The van der Waals surface area contributed by atoms with Gasteiger partial charge in [0.1, 0.15) is 0 Å². The molecule has 2 heteroatoms. The standard InChI is InChI=1S/C7H8P2/c8-9-6-7-4-2-1-3-5-7/h1-5,8H,6H2. The zero-order valence-electron chi connectivity index (χ0n) is 5.04. The smallest absolute Gasteiger partial charge is 0.0183 e. The van der Waals surface area contributed by atoms with Gasteiger partial charge >= 0.3 is 0 Å². The summed E-state index contributed by atoms with van der Waals surface area (Å²) in [7, 11) is 4.65. The third kappa shape index (κ3) is 2.26. The molecule has 0 amide bonds. The molecule has 0 saturated heterocycles. The van der Waals surface area contributed by atoms with Gasteiger partial charge in [-0.2, -0.15) is 0 Å². The van der Waals surface area contributed by atoms with Crippen LogP contribution in [0.4, 0.5) is 0 Å². The van der Waals surface area contributed by atoms with Gasteiger partial charge in [-0.25, -0.2) is 0 Å². The van der Waals surface area contributed by atoms with Gasteiger partial charge in [-0.3, -0.25) is 0 Å². The van der Waals surface area contributed by atoms with E-state index in [0.29, 0.717) is 0 Å². The molecule has 0 saturated carbocycles. The van der Waals surface area contributed by atoms with Crippen LogP contribution < -0.4 is 0 Å². The number of hydrogen-bond donors (Lipinski definition) is 0. The zero-order valence-corrected chi connectivity index (χ0v) is 6.94. The lowest BCUT2D eigenvalue weighted by atomic mass is 10.2. The predicted molar refractivity (Wildman–Crippen MR) is 45.4 cm³/mol. The van der Waals surface area contributed by atoms with Crippen LogP contribution in [0.2, 0.25) is 0 Å². The SMILES string of the molecule is P=PCc1ccccc1. The average Bonchev–Trinajstić information content (AvgIpc) is 1.91. The van der Waals surface area contributed by atoms with Crippen molar-refractivity contribution in [1.82, 2.24) is 0 Å². The third-order valence-electron chi connectivity index (χ3n) is 1.10. The molecule has 0 spiro atoms. The van der Waals surface area contributed by atoms with Crippen molar-refractivity contribution in [3.63, 3.8) is 0 Å². The van der Waals surface area contributed by atoms with Crippen LogP contribution in [-0.2, 0) is 6.16 Å². The molecule has 1 rings (SSSR count). The average molecular weight is 154 g/mol. The van der Waals surface area contributed by atoms with Crippen LogP contribution in [0.25, 0.3) is 0 Å². The second-order valence-electron chi connectivity index (χ2n) is 1.80. The van der Waals surface area contributed by atoms with Crippen LogP contribution >= 0.6 is 16.4 Å². The first-order valence-corrected chi connectivity index (χ1v) is 5.23. The Bertz CT molecular complexity index is 181. The van der Waals surface area contributed by atoms with Crippen molar-refractivity contribution in [1.29, 1.82) is 0 Å². The van der Waals surface area contributed by atoms with E-state index in [1.807, 2.05) is 6.07 Å². The van der Waals surface area contributed by atoms with Crippen LogP contribution in [0.15, 0.2) is 30.3 Å². The summed E-state index contributed by atoms with van der Waals surface area (Å²) < 4.78 is 0. The summed E-state index contributed by atoms with van der Waals surface area (Å²) in [6.07, 6.45) is 1.09. The summed E-state index contributed by atoms with van der Waals surface area (Å²) in [5.74, 6) is 0. The van der Waals surface area contributed by atoms with E-state index >= 15 is 0 Å². The highest BCUT2D eigenvalue weighted by molar-refractivity contribution is 7.73. The van der Waals surface area contributed by atoms with E-state index in [4.69, 9.17) is 0 Å².